The molecule has 0 aliphatic heterocycles. The lowest BCUT2D eigenvalue weighted by Crippen LogP contribution is -2.26. The van der Waals surface area contributed by atoms with Gasteiger partial charge in [-0.15, -0.1) is 11.3 Å². The number of carbonyl (C=O) groups excluding carboxylic acids is 1. The van der Waals surface area contributed by atoms with E-state index >= 15 is 0 Å². The predicted octanol–water partition coefficient (Wildman–Crippen LogP) is 4.72. The Kier molecular flexibility index (Phi) is 5.99. The first-order valence-corrected chi connectivity index (χ1v) is 9.75. The first kappa shape index (κ1) is 19.9. The third kappa shape index (κ3) is 4.17. The van der Waals surface area contributed by atoms with E-state index in [1.807, 2.05) is 44.3 Å². The van der Waals surface area contributed by atoms with E-state index in [0.717, 1.165) is 21.8 Å². The molecule has 1 heterocycles. The van der Waals surface area contributed by atoms with Crippen LogP contribution in [0.1, 0.15) is 26.5 Å². The SMILES string of the molecule is COc1ccc(-c2nc(C)c(C(=O)N(C)Cc3ccc(C)cc3)s2)cc1OC. The summed E-state index contributed by atoms with van der Waals surface area (Å²) in [6.45, 7) is 4.48. The molecule has 0 saturated heterocycles. The van der Waals surface area contributed by atoms with Crippen molar-refractivity contribution in [3.63, 3.8) is 0 Å². The summed E-state index contributed by atoms with van der Waals surface area (Å²) < 4.78 is 10.7. The molecule has 0 aliphatic rings. The van der Waals surface area contributed by atoms with Crippen LogP contribution in [0.4, 0.5) is 0 Å². The van der Waals surface area contributed by atoms with Crippen molar-refractivity contribution in [1.29, 1.82) is 0 Å². The lowest BCUT2D eigenvalue weighted by atomic mass is 10.1. The van der Waals surface area contributed by atoms with Gasteiger partial charge in [0.05, 0.1) is 19.9 Å². The molecule has 6 heteroatoms. The highest BCUT2D eigenvalue weighted by atomic mass is 32.1. The molecular formula is C22H24N2O3S. The third-order valence-corrected chi connectivity index (χ3v) is 5.70. The van der Waals surface area contributed by atoms with Crippen LogP contribution in [-0.2, 0) is 6.54 Å². The summed E-state index contributed by atoms with van der Waals surface area (Å²) in [6.07, 6.45) is 0. The van der Waals surface area contributed by atoms with Crippen molar-refractivity contribution >= 4 is 17.2 Å². The third-order valence-electron chi connectivity index (χ3n) is 4.51. The number of ether oxygens (including phenoxy) is 2. The summed E-state index contributed by atoms with van der Waals surface area (Å²) in [5.74, 6) is 1.27. The molecule has 28 heavy (non-hydrogen) atoms. The first-order chi connectivity index (χ1) is 13.4. The highest BCUT2D eigenvalue weighted by Gasteiger charge is 2.20. The number of amides is 1. The molecule has 0 fully saturated rings. The number of hydrogen-bond donors (Lipinski definition) is 0. The Morgan fingerprint density at radius 1 is 1.04 bits per heavy atom. The Labute approximate surface area is 169 Å². The lowest BCUT2D eigenvalue weighted by molar-refractivity contribution is 0.0789. The number of aryl methyl sites for hydroxylation is 2. The van der Waals surface area contributed by atoms with Gasteiger partial charge in [-0.2, -0.15) is 0 Å². The maximum atomic E-state index is 13.0. The lowest BCUT2D eigenvalue weighted by Gasteiger charge is -2.16. The van der Waals surface area contributed by atoms with Crippen molar-refractivity contribution in [3.8, 4) is 22.1 Å². The summed E-state index contributed by atoms with van der Waals surface area (Å²) in [6, 6.07) is 13.9. The van der Waals surface area contributed by atoms with Gasteiger partial charge in [-0.1, -0.05) is 29.8 Å². The normalized spacial score (nSPS) is 10.6. The van der Waals surface area contributed by atoms with Gasteiger partial charge >= 0.3 is 0 Å². The van der Waals surface area contributed by atoms with Crippen LogP contribution in [0, 0.1) is 13.8 Å². The minimum atomic E-state index is -0.0256. The monoisotopic (exact) mass is 396 g/mol. The number of hydrogen-bond acceptors (Lipinski definition) is 5. The van der Waals surface area contributed by atoms with E-state index in [1.54, 1.807) is 19.1 Å². The van der Waals surface area contributed by atoms with Gasteiger partial charge in [0.1, 0.15) is 9.88 Å². The zero-order chi connectivity index (χ0) is 20.3. The van der Waals surface area contributed by atoms with Crippen LogP contribution in [0.5, 0.6) is 11.5 Å². The number of benzene rings is 2. The van der Waals surface area contributed by atoms with E-state index in [1.165, 1.54) is 16.9 Å². The van der Waals surface area contributed by atoms with E-state index in [4.69, 9.17) is 9.47 Å². The van der Waals surface area contributed by atoms with Gasteiger partial charge < -0.3 is 14.4 Å². The van der Waals surface area contributed by atoms with Crippen LogP contribution in [0.3, 0.4) is 0 Å². The molecule has 0 N–H and O–H groups in total. The van der Waals surface area contributed by atoms with Gasteiger partial charge in [-0.25, -0.2) is 4.98 Å². The van der Waals surface area contributed by atoms with E-state index in [2.05, 4.69) is 24.0 Å². The van der Waals surface area contributed by atoms with Crippen LogP contribution in [0.25, 0.3) is 10.6 Å². The second-order valence-corrected chi connectivity index (χ2v) is 7.65. The molecule has 1 amide bonds. The van der Waals surface area contributed by atoms with Gasteiger partial charge in [-0.05, 0) is 37.6 Å². The van der Waals surface area contributed by atoms with Crippen LogP contribution in [0.2, 0.25) is 0 Å². The highest BCUT2D eigenvalue weighted by molar-refractivity contribution is 7.17. The Hall–Kier alpha value is -2.86. The van der Waals surface area contributed by atoms with Crippen LogP contribution in [0.15, 0.2) is 42.5 Å². The standard InChI is InChI=1S/C22H24N2O3S/c1-14-6-8-16(9-7-14)13-24(3)22(25)20-15(2)23-21(28-20)17-10-11-18(26-4)19(12-17)27-5/h6-12H,13H2,1-5H3. The Bertz CT molecular complexity index is 980. The van der Waals surface area contributed by atoms with Crippen molar-refractivity contribution in [2.45, 2.75) is 20.4 Å². The van der Waals surface area contributed by atoms with E-state index in [-0.39, 0.29) is 5.91 Å². The summed E-state index contributed by atoms with van der Waals surface area (Å²) in [7, 11) is 5.02. The summed E-state index contributed by atoms with van der Waals surface area (Å²) in [5.41, 5.74) is 3.93. The maximum absolute atomic E-state index is 13.0. The van der Waals surface area contributed by atoms with Crippen LogP contribution in [-0.4, -0.2) is 37.1 Å². The fourth-order valence-electron chi connectivity index (χ4n) is 2.90. The molecule has 0 atom stereocenters. The highest BCUT2D eigenvalue weighted by Crippen LogP contribution is 2.35. The molecule has 3 aromatic rings. The Morgan fingerprint density at radius 2 is 1.71 bits per heavy atom. The molecular weight excluding hydrogens is 372 g/mol. The first-order valence-electron chi connectivity index (χ1n) is 8.93. The van der Waals surface area contributed by atoms with Crippen molar-refractivity contribution in [1.82, 2.24) is 9.88 Å². The van der Waals surface area contributed by atoms with Crippen molar-refractivity contribution in [2.24, 2.45) is 0 Å². The van der Waals surface area contributed by atoms with Gasteiger partial charge in [0.25, 0.3) is 5.91 Å². The minimum absolute atomic E-state index is 0.0256. The average Bonchev–Trinajstić information content (AvgIpc) is 3.10. The molecule has 0 unspecified atom stereocenters. The zero-order valence-corrected chi connectivity index (χ0v) is 17.6. The molecule has 3 rings (SSSR count). The summed E-state index contributed by atoms with van der Waals surface area (Å²) in [4.78, 5) is 19.9. The molecule has 2 aromatic carbocycles. The molecule has 0 aliphatic carbocycles. The summed E-state index contributed by atoms with van der Waals surface area (Å²) >= 11 is 1.40. The van der Waals surface area contributed by atoms with Gasteiger partial charge in [0.2, 0.25) is 0 Å². The molecule has 5 nitrogen and oxygen atoms in total. The van der Waals surface area contributed by atoms with Crippen LogP contribution >= 0.6 is 11.3 Å². The fourth-order valence-corrected chi connectivity index (χ4v) is 3.96. The predicted molar refractivity (Wildman–Crippen MR) is 112 cm³/mol. The van der Waals surface area contributed by atoms with E-state index in [0.29, 0.717) is 22.9 Å². The summed E-state index contributed by atoms with van der Waals surface area (Å²) in [5, 5.41) is 0.783. The van der Waals surface area contributed by atoms with E-state index in [9.17, 15) is 4.79 Å². The van der Waals surface area contributed by atoms with Crippen molar-refractivity contribution in [2.75, 3.05) is 21.3 Å². The van der Waals surface area contributed by atoms with Crippen molar-refractivity contribution in [3.05, 3.63) is 64.2 Å². The topological polar surface area (TPSA) is 51.7 Å². The number of carbonyl (C=O) groups is 1. The Balaban J connectivity index is 1.83. The van der Waals surface area contributed by atoms with Gasteiger partial charge in [0.15, 0.2) is 11.5 Å². The Morgan fingerprint density at radius 3 is 2.36 bits per heavy atom. The number of rotatable bonds is 6. The van der Waals surface area contributed by atoms with Gasteiger partial charge in [-0.3, -0.25) is 4.79 Å². The average molecular weight is 397 g/mol. The fraction of sp³-hybridized carbons (Fsp3) is 0.273. The minimum Gasteiger partial charge on any atom is -0.493 e. The smallest absolute Gasteiger partial charge is 0.265 e. The van der Waals surface area contributed by atoms with Crippen LogP contribution < -0.4 is 9.47 Å². The molecule has 0 bridgehead atoms. The number of aromatic nitrogens is 1. The molecule has 1 aromatic heterocycles. The quantitative estimate of drug-likeness (QED) is 0.605. The number of nitrogens with zero attached hydrogens (tertiary/aromatic N) is 2. The largest absolute Gasteiger partial charge is 0.493 e. The second kappa shape index (κ2) is 8.44. The molecule has 0 radical (unpaired) electrons. The zero-order valence-electron chi connectivity index (χ0n) is 16.8. The maximum Gasteiger partial charge on any atom is 0.265 e. The van der Waals surface area contributed by atoms with Crippen molar-refractivity contribution < 1.29 is 14.3 Å². The second-order valence-electron chi connectivity index (χ2n) is 6.65. The molecule has 146 valence electrons. The number of thiazole rings is 1. The molecule has 0 saturated carbocycles. The van der Waals surface area contributed by atoms with E-state index < -0.39 is 0 Å². The number of methoxy groups -OCH3 is 2. The molecule has 0 spiro atoms. The van der Waals surface area contributed by atoms with Gasteiger partial charge in [0, 0.05) is 19.2 Å².